The first-order valence-electron chi connectivity index (χ1n) is 6.71. The summed E-state index contributed by atoms with van der Waals surface area (Å²) in [5.74, 6) is -1.59. The van der Waals surface area contributed by atoms with Gasteiger partial charge in [-0.25, -0.2) is 9.18 Å². The minimum absolute atomic E-state index is 0.204. The fraction of sp³-hybridized carbons (Fsp3) is 0.312. The fourth-order valence-electron chi connectivity index (χ4n) is 1.67. The second kappa shape index (κ2) is 8.57. The third-order valence-corrected chi connectivity index (χ3v) is 2.88. The van der Waals surface area contributed by atoms with E-state index in [2.05, 4.69) is 0 Å². The van der Waals surface area contributed by atoms with Gasteiger partial charge in [-0.2, -0.15) is 5.26 Å². The van der Waals surface area contributed by atoms with Crippen LogP contribution in [0.15, 0.2) is 30.3 Å². The largest absolute Gasteiger partial charge is 0.449 e. The van der Waals surface area contributed by atoms with Gasteiger partial charge in [-0.05, 0) is 19.1 Å². The van der Waals surface area contributed by atoms with Gasteiger partial charge in [0.05, 0.1) is 12.5 Å². The van der Waals surface area contributed by atoms with E-state index in [1.807, 2.05) is 6.07 Å². The van der Waals surface area contributed by atoms with Crippen LogP contribution in [0.5, 0.6) is 0 Å². The van der Waals surface area contributed by atoms with Gasteiger partial charge in [-0.3, -0.25) is 4.79 Å². The average Bonchev–Trinajstić information content (AvgIpc) is 2.50. The van der Waals surface area contributed by atoms with Gasteiger partial charge in [-0.15, -0.1) is 0 Å². The second-order valence-electron chi connectivity index (χ2n) is 4.60. The molecule has 0 radical (unpaired) electrons. The number of rotatable bonds is 6. The monoisotopic (exact) mass is 304 g/mol. The molecule has 0 aliphatic carbocycles. The summed E-state index contributed by atoms with van der Waals surface area (Å²) in [6, 6.07) is 7.91. The van der Waals surface area contributed by atoms with Crippen molar-refractivity contribution in [1.29, 1.82) is 5.26 Å². The number of nitrogens with zero attached hydrogens (tertiary/aromatic N) is 2. The summed E-state index contributed by atoms with van der Waals surface area (Å²) in [7, 11) is 1.53. The summed E-state index contributed by atoms with van der Waals surface area (Å²) in [5, 5.41) is 8.47. The number of benzene rings is 1. The maximum Gasteiger partial charge on any atom is 0.331 e. The Morgan fingerprint density at radius 3 is 2.77 bits per heavy atom. The van der Waals surface area contributed by atoms with Crippen molar-refractivity contribution in [2.75, 3.05) is 13.6 Å². The normalized spacial score (nSPS) is 11.7. The quantitative estimate of drug-likeness (QED) is 0.596. The molecular formula is C16H17FN2O3. The lowest BCUT2D eigenvalue weighted by molar-refractivity contribution is -0.154. The summed E-state index contributed by atoms with van der Waals surface area (Å²) >= 11 is 0. The first kappa shape index (κ1) is 17.4. The molecule has 0 N–H and O–H groups in total. The number of hydrogen-bond donors (Lipinski definition) is 0. The first-order chi connectivity index (χ1) is 10.5. The topological polar surface area (TPSA) is 70.4 Å². The van der Waals surface area contributed by atoms with Crippen LogP contribution in [0.3, 0.4) is 0 Å². The molecule has 1 rings (SSSR count). The summed E-state index contributed by atoms with van der Waals surface area (Å²) in [6.07, 6.45) is 1.59. The van der Waals surface area contributed by atoms with E-state index in [0.717, 1.165) is 6.08 Å². The molecule has 0 saturated carbocycles. The number of carbonyl (C=O) groups is 2. The van der Waals surface area contributed by atoms with E-state index < -0.39 is 23.8 Å². The number of nitriles is 1. The fourth-order valence-corrected chi connectivity index (χ4v) is 1.67. The number of hydrogen-bond acceptors (Lipinski definition) is 4. The molecule has 0 unspecified atom stereocenters. The molecule has 22 heavy (non-hydrogen) atoms. The number of halogens is 1. The smallest absolute Gasteiger partial charge is 0.331 e. The van der Waals surface area contributed by atoms with Gasteiger partial charge in [0.1, 0.15) is 5.82 Å². The van der Waals surface area contributed by atoms with Gasteiger partial charge >= 0.3 is 5.97 Å². The van der Waals surface area contributed by atoms with Gasteiger partial charge in [0.25, 0.3) is 5.91 Å². The lowest BCUT2D eigenvalue weighted by atomic mass is 10.2. The van der Waals surface area contributed by atoms with E-state index >= 15 is 0 Å². The molecule has 0 aliphatic rings. The molecule has 5 nitrogen and oxygen atoms in total. The third-order valence-electron chi connectivity index (χ3n) is 2.88. The van der Waals surface area contributed by atoms with Crippen molar-refractivity contribution in [3.63, 3.8) is 0 Å². The molecule has 1 atom stereocenters. The SMILES string of the molecule is C[C@@H](OC(=O)/C=C/c1ccccc1F)C(=O)N(C)CCC#N. The van der Waals surface area contributed by atoms with E-state index in [-0.39, 0.29) is 18.5 Å². The molecule has 1 aromatic carbocycles. The molecule has 1 aromatic rings. The number of likely N-dealkylation sites (N-methyl/N-ethyl adjacent to an activating group) is 1. The van der Waals surface area contributed by atoms with E-state index in [1.54, 1.807) is 12.1 Å². The highest BCUT2D eigenvalue weighted by atomic mass is 19.1. The van der Waals surface area contributed by atoms with Crippen LogP contribution in [0.2, 0.25) is 0 Å². The van der Waals surface area contributed by atoms with Crippen LogP contribution in [0.1, 0.15) is 18.9 Å². The highest BCUT2D eigenvalue weighted by molar-refractivity contribution is 5.90. The van der Waals surface area contributed by atoms with Crippen LogP contribution in [-0.2, 0) is 14.3 Å². The van der Waals surface area contributed by atoms with Crippen LogP contribution in [-0.4, -0.2) is 36.5 Å². The van der Waals surface area contributed by atoms with Gasteiger partial charge in [-0.1, -0.05) is 18.2 Å². The van der Waals surface area contributed by atoms with E-state index in [9.17, 15) is 14.0 Å². The second-order valence-corrected chi connectivity index (χ2v) is 4.60. The standard InChI is InChI=1S/C16H17FN2O3/c1-12(16(21)19(2)11-5-10-18)22-15(20)9-8-13-6-3-4-7-14(13)17/h3-4,6-9,12H,5,11H2,1-2H3/b9-8+/t12-/m1/s1. The summed E-state index contributed by atoms with van der Waals surface area (Å²) in [4.78, 5) is 24.8. The molecule has 0 bridgehead atoms. The Hall–Kier alpha value is -2.68. The number of amides is 1. The van der Waals surface area contributed by atoms with Gasteiger partial charge in [0.2, 0.25) is 0 Å². The average molecular weight is 304 g/mol. The van der Waals surface area contributed by atoms with Crippen molar-refractivity contribution in [1.82, 2.24) is 4.90 Å². The maximum absolute atomic E-state index is 13.4. The highest BCUT2D eigenvalue weighted by Crippen LogP contribution is 2.08. The van der Waals surface area contributed by atoms with Crippen LogP contribution in [0, 0.1) is 17.1 Å². The van der Waals surface area contributed by atoms with Gasteiger partial charge < -0.3 is 9.64 Å². The van der Waals surface area contributed by atoms with Crippen molar-refractivity contribution < 1.29 is 18.7 Å². The van der Waals surface area contributed by atoms with Crippen LogP contribution < -0.4 is 0 Å². The lowest BCUT2D eigenvalue weighted by Crippen LogP contribution is -2.37. The van der Waals surface area contributed by atoms with E-state index in [0.29, 0.717) is 0 Å². The van der Waals surface area contributed by atoms with Crippen molar-refractivity contribution in [3.05, 3.63) is 41.7 Å². The Balaban J connectivity index is 2.56. The summed E-state index contributed by atoms with van der Waals surface area (Å²) in [5.41, 5.74) is 0.254. The Labute approximate surface area is 128 Å². The van der Waals surface area contributed by atoms with Crippen molar-refractivity contribution in [2.24, 2.45) is 0 Å². The molecule has 116 valence electrons. The number of carbonyl (C=O) groups excluding carboxylic acids is 2. The highest BCUT2D eigenvalue weighted by Gasteiger charge is 2.20. The molecule has 1 amide bonds. The summed E-state index contributed by atoms with van der Waals surface area (Å²) in [6.45, 7) is 1.71. The Bertz CT molecular complexity index is 608. The molecule has 0 fully saturated rings. The van der Waals surface area contributed by atoms with Crippen LogP contribution in [0.4, 0.5) is 4.39 Å². The molecule has 0 saturated heterocycles. The minimum atomic E-state index is -0.971. The van der Waals surface area contributed by atoms with Crippen molar-refractivity contribution in [2.45, 2.75) is 19.4 Å². The van der Waals surface area contributed by atoms with Crippen LogP contribution in [0.25, 0.3) is 6.08 Å². The molecule has 0 aliphatic heterocycles. The van der Waals surface area contributed by atoms with E-state index in [1.165, 1.54) is 37.1 Å². The van der Waals surface area contributed by atoms with Crippen LogP contribution >= 0.6 is 0 Å². The maximum atomic E-state index is 13.4. The van der Waals surface area contributed by atoms with Crippen molar-refractivity contribution >= 4 is 18.0 Å². The molecule has 6 heteroatoms. The number of ether oxygens (including phenoxy) is 1. The Morgan fingerprint density at radius 1 is 1.45 bits per heavy atom. The van der Waals surface area contributed by atoms with Gasteiger partial charge in [0, 0.05) is 25.2 Å². The minimum Gasteiger partial charge on any atom is -0.449 e. The van der Waals surface area contributed by atoms with Crippen molar-refractivity contribution in [3.8, 4) is 6.07 Å². The lowest BCUT2D eigenvalue weighted by Gasteiger charge is -2.19. The number of esters is 1. The van der Waals surface area contributed by atoms with E-state index in [4.69, 9.17) is 10.00 Å². The molecule has 0 heterocycles. The molecule has 0 aromatic heterocycles. The zero-order valence-corrected chi connectivity index (χ0v) is 12.5. The summed E-state index contributed by atoms with van der Waals surface area (Å²) < 4.78 is 18.3. The Morgan fingerprint density at radius 2 is 2.14 bits per heavy atom. The first-order valence-corrected chi connectivity index (χ1v) is 6.71. The van der Waals surface area contributed by atoms with Gasteiger partial charge in [0.15, 0.2) is 6.10 Å². The zero-order valence-electron chi connectivity index (χ0n) is 12.5. The zero-order chi connectivity index (χ0) is 16.5. The predicted molar refractivity (Wildman–Crippen MR) is 78.9 cm³/mol. The predicted octanol–water partition coefficient (Wildman–Crippen LogP) is 2.14. The third kappa shape index (κ3) is 5.37. The molecular weight excluding hydrogens is 287 g/mol. The Kier molecular flexibility index (Phi) is 6.77. The molecule has 0 spiro atoms.